The lowest BCUT2D eigenvalue weighted by atomic mass is 10.1. The van der Waals surface area contributed by atoms with E-state index < -0.39 is 11.8 Å². The van der Waals surface area contributed by atoms with E-state index in [1.54, 1.807) is 6.07 Å². The first kappa shape index (κ1) is 14.3. The number of hydrogen-bond donors (Lipinski definition) is 1. The molecule has 0 radical (unpaired) electrons. The maximum Gasteiger partial charge on any atom is 0.340 e. The molecule has 0 atom stereocenters. The van der Waals surface area contributed by atoms with Crippen molar-refractivity contribution in [1.29, 1.82) is 0 Å². The first-order chi connectivity index (χ1) is 9.60. The SMILES string of the molecule is COC(=O)c1ccc(CNCc2ccc(C)o2)cc1F. The van der Waals surface area contributed by atoms with Crippen LogP contribution in [0.15, 0.2) is 34.7 Å². The highest BCUT2D eigenvalue weighted by Crippen LogP contribution is 2.12. The van der Waals surface area contributed by atoms with Crippen LogP contribution < -0.4 is 5.32 Å². The molecule has 0 aliphatic rings. The van der Waals surface area contributed by atoms with Crippen molar-refractivity contribution in [2.75, 3.05) is 7.11 Å². The number of halogens is 1. The molecule has 20 heavy (non-hydrogen) atoms. The van der Waals surface area contributed by atoms with Crippen molar-refractivity contribution >= 4 is 5.97 Å². The number of carbonyl (C=O) groups is 1. The van der Waals surface area contributed by atoms with Crippen molar-refractivity contribution in [3.63, 3.8) is 0 Å². The molecule has 0 saturated carbocycles. The molecule has 0 aliphatic carbocycles. The Hall–Kier alpha value is -2.14. The number of furan rings is 1. The van der Waals surface area contributed by atoms with Crippen LogP contribution in [0, 0.1) is 12.7 Å². The van der Waals surface area contributed by atoms with Crippen LogP contribution in [0.3, 0.4) is 0 Å². The van der Waals surface area contributed by atoms with Gasteiger partial charge in [0.15, 0.2) is 0 Å². The van der Waals surface area contributed by atoms with E-state index >= 15 is 0 Å². The summed E-state index contributed by atoms with van der Waals surface area (Å²) in [7, 11) is 1.22. The van der Waals surface area contributed by atoms with Crippen molar-refractivity contribution in [3.8, 4) is 0 Å². The van der Waals surface area contributed by atoms with Gasteiger partial charge < -0.3 is 14.5 Å². The van der Waals surface area contributed by atoms with Gasteiger partial charge in [-0.3, -0.25) is 0 Å². The maximum absolute atomic E-state index is 13.7. The molecule has 1 aromatic heterocycles. The lowest BCUT2D eigenvalue weighted by Crippen LogP contribution is -2.13. The smallest absolute Gasteiger partial charge is 0.340 e. The quantitative estimate of drug-likeness (QED) is 0.854. The van der Waals surface area contributed by atoms with Crippen LogP contribution >= 0.6 is 0 Å². The number of benzene rings is 1. The van der Waals surface area contributed by atoms with Gasteiger partial charge in [0.25, 0.3) is 0 Å². The molecule has 106 valence electrons. The highest BCUT2D eigenvalue weighted by molar-refractivity contribution is 5.89. The van der Waals surface area contributed by atoms with E-state index in [4.69, 9.17) is 4.42 Å². The van der Waals surface area contributed by atoms with E-state index in [2.05, 4.69) is 10.1 Å². The first-order valence-electron chi connectivity index (χ1n) is 6.23. The lowest BCUT2D eigenvalue weighted by Gasteiger charge is -2.06. The second-order valence-corrected chi connectivity index (χ2v) is 4.42. The van der Waals surface area contributed by atoms with Gasteiger partial charge in [-0.2, -0.15) is 0 Å². The van der Waals surface area contributed by atoms with Crippen molar-refractivity contribution < 1.29 is 18.3 Å². The average molecular weight is 277 g/mol. The van der Waals surface area contributed by atoms with Crippen molar-refractivity contribution in [2.24, 2.45) is 0 Å². The summed E-state index contributed by atoms with van der Waals surface area (Å²) < 4.78 is 23.6. The molecule has 0 unspecified atom stereocenters. The van der Waals surface area contributed by atoms with Gasteiger partial charge in [0, 0.05) is 6.54 Å². The molecule has 0 bridgehead atoms. The van der Waals surface area contributed by atoms with Gasteiger partial charge in [0.05, 0.1) is 19.2 Å². The summed E-state index contributed by atoms with van der Waals surface area (Å²) in [5.74, 6) is 0.433. The van der Waals surface area contributed by atoms with Crippen molar-refractivity contribution in [2.45, 2.75) is 20.0 Å². The van der Waals surface area contributed by atoms with Crippen molar-refractivity contribution in [3.05, 3.63) is 58.8 Å². The number of hydrogen-bond acceptors (Lipinski definition) is 4. The van der Waals surface area contributed by atoms with Crippen LogP contribution in [-0.4, -0.2) is 13.1 Å². The van der Waals surface area contributed by atoms with E-state index in [-0.39, 0.29) is 5.56 Å². The van der Waals surface area contributed by atoms with Crippen molar-refractivity contribution in [1.82, 2.24) is 5.32 Å². The first-order valence-corrected chi connectivity index (χ1v) is 6.23. The van der Waals surface area contributed by atoms with Gasteiger partial charge in [-0.15, -0.1) is 0 Å². The van der Waals surface area contributed by atoms with E-state index in [0.717, 1.165) is 17.1 Å². The zero-order valence-electron chi connectivity index (χ0n) is 11.4. The monoisotopic (exact) mass is 277 g/mol. The fourth-order valence-corrected chi connectivity index (χ4v) is 1.85. The number of carbonyl (C=O) groups excluding carboxylic acids is 1. The summed E-state index contributed by atoms with van der Waals surface area (Å²) in [5, 5.41) is 3.14. The molecule has 0 aliphatic heterocycles. The largest absolute Gasteiger partial charge is 0.465 e. The van der Waals surface area contributed by atoms with Crippen LogP contribution in [0.25, 0.3) is 0 Å². The predicted molar refractivity (Wildman–Crippen MR) is 71.7 cm³/mol. The second-order valence-electron chi connectivity index (χ2n) is 4.42. The third kappa shape index (κ3) is 3.45. The molecule has 0 fully saturated rings. The summed E-state index contributed by atoms with van der Waals surface area (Å²) in [6, 6.07) is 8.22. The zero-order chi connectivity index (χ0) is 14.5. The number of esters is 1. The number of methoxy groups -OCH3 is 1. The van der Waals surface area contributed by atoms with Crippen LogP contribution in [-0.2, 0) is 17.8 Å². The Morgan fingerprint density at radius 1 is 1.30 bits per heavy atom. The molecule has 4 nitrogen and oxygen atoms in total. The molecule has 2 rings (SSSR count). The predicted octanol–water partition coefficient (Wildman–Crippen LogP) is 2.80. The molecule has 0 spiro atoms. The Labute approximate surface area is 116 Å². The normalized spacial score (nSPS) is 10.6. The topological polar surface area (TPSA) is 51.5 Å². The minimum atomic E-state index is -0.673. The summed E-state index contributed by atoms with van der Waals surface area (Å²) >= 11 is 0. The van der Waals surface area contributed by atoms with Gasteiger partial charge >= 0.3 is 5.97 Å². The minimum Gasteiger partial charge on any atom is -0.465 e. The van der Waals surface area contributed by atoms with Gasteiger partial charge in [-0.1, -0.05) is 6.07 Å². The molecule has 5 heteroatoms. The summed E-state index contributed by atoms with van der Waals surface area (Å²) in [5.41, 5.74) is 0.691. The van der Waals surface area contributed by atoms with E-state index in [1.807, 2.05) is 19.1 Å². The van der Waals surface area contributed by atoms with Crippen LogP contribution in [0.1, 0.15) is 27.4 Å². The van der Waals surface area contributed by atoms with Crippen LogP contribution in [0.2, 0.25) is 0 Å². The average Bonchev–Trinajstić information content (AvgIpc) is 2.84. The Kier molecular flexibility index (Phi) is 4.53. The summed E-state index contributed by atoms with van der Waals surface area (Å²) in [4.78, 5) is 11.3. The molecular weight excluding hydrogens is 261 g/mol. The number of ether oxygens (including phenoxy) is 1. The maximum atomic E-state index is 13.7. The fourth-order valence-electron chi connectivity index (χ4n) is 1.85. The number of nitrogens with one attached hydrogen (secondary N) is 1. The van der Waals surface area contributed by atoms with Gasteiger partial charge in [0.1, 0.15) is 17.3 Å². The molecule has 1 heterocycles. The highest BCUT2D eigenvalue weighted by Gasteiger charge is 2.12. The summed E-state index contributed by atoms with van der Waals surface area (Å²) in [6.07, 6.45) is 0. The minimum absolute atomic E-state index is 0.0575. The number of aryl methyl sites for hydroxylation is 1. The third-order valence-electron chi connectivity index (χ3n) is 2.86. The summed E-state index contributed by atoms with van der Waals surface area (Å²) in [6.45, 7) is 2.93. The van der Waals surface area contributed by atoms with Crippen LogP contribution in [0.4, 0.5) is 4.39 Å². The Morgan fingerprint density at radius 3 is 2.70 bits per heavy atom. The molecule has 2 aromatic rings. The van der Waals surface area contributed by atoms with E-state index in [0.29, 0.717) is 13.1 Å². The second kappa shape index (κ2) is 6.34. The van der Waals surface area contributed by atoms with Gasteiger partial charge in [0.2, 0.25) is 0 Å². The Morgan fingerprint density at radius 2 is 2.10 bits per heavy atom. The molecule has 1 aromatic carbocycles. The van der Waals surface area contributed by atoms with Gasteiger partial charge in [-0.25, -0.2) is 9.18 Å². The molecule has 0 amide bonds. The number of rotatable bonds is 5. The zero-order valence-corrected chi connectivity index (χ0v) is 11.4. The lowest BCUT2D eigenvalue weighted by molar-refractivity contribution is 0.0595. The van der Waals surface area contributed by atoms with Gasteiger partial charge in [-0.05, 0) is 36.8 Å². The fraction of sp³-hybridized carbons (Fsp3) is 0.267. The highest BCUT2D eigenvalue weighted by atomic mass is 19.1. The standard InChI is InChI=1S/C15H16FNO3/c1-10-3-5-12(20-10)9-17-8-11-4-6-13(14(16)7-11)15(18)19-2/h3-7,17H,8-9H2,1-2H3. The van der Waals surface area contributed by atoms with E-state index in [1.165, 1.54) is 19.2 Å². The molecular formula is C15H16FNO3. The Bertz CT molecular complexity index is 607. The molecule has 1 N–H and O–H groups in total. The molecule has 0 saturated heterocycles. The van der Waals surface area contributed by atoms with Crippen LogP contribution in [0.5, 0.6) is 0 Å². The van der Waals surface area contributed by atoms with E-state index in [9.17, 15) is 9.18 Å². The Balaban J connectivity index is 1.93. The third-order valence-corrected chi connectivity index (χ3v) is 2.86.